The molecule has 0 aromatic heterocycles. The fourth-order valence-corrected chi connectivity index (χ4v) is 5.52. The summed E-state index contributed by atoms with van der Waals surface area (Å²) in [7, 11) is 0. The van der Waals surface area contributed by atoms with Crippen molar-refractivity contribution in [2.45, 2.75) is 43.6 Å². The standard InChI is InChI=1S/C23H28O5S2/c1-2-5-16-6-3-7-17(12-16)13-18(24)8-9-19-20(25)14-21(26)23(19)30-11-4-10-29-15-22(27)28/h3,6-9,12,18-20,23-25H,4,10-11,13-15H2,1H3,(H,27,28)/t18?,19-,20?,23?/m0/s1. The van der Waals surface area contributed by atoms with E-state index in [2.05, 4.69) is 11.8 Å². The molecule has 1 aliphatic rings. The van der Waals surface area contributed by atoms with E-state index in [0.29, 0.717) is 6.42 Å². The summed E-state index contributed by atoms with van der Waals surface area (Å²) >= 11 is 2.87. The highest BCUT2D eigenvalue weighted by Crippen LogP contribution is 2.34. The maximum atomic E-state index is 12.3. The molecule has 162 valence electrons. The number of ketones is 1. The SMILES string of the molecule is CC#Cc1cccc(CC(O)C=C[C@H]2C(O)CC(=O)C2SCCCSCC(=O)O)c1. The first kappa shape index (κ1) is 24.5. The monoisotopic (exact) mass is 448 g/mol. The van der Waals surface area contributed by atoms with Crippen LogP contribution in [0.3, 0.4) is 0 Å². The highest BCUT2D eigenvalue weighted by Gasteiger charge is 2.40. The van der Waals surface area contributed by atoms with Gasteiger partial charge in [-0.15, -0.1) is 17.7 Å². The van der Waals surface area contributed by atoms with Gasteiger partial charge in [-0.2, -0.15) is 11.8 Å². The molecule has 3 N–H and O–H groups in total. The lowest BCUT2D eigenvalue weighted by Gasteiger charge is -2.17. The number of rotatable bonds is 11. The van der Waals surface area contributed by atoms with Gasteiger partial charge >= 0.3 is 5.97 Å². The van der Waals surface area contributed by atoms with E-state index in [9.17, 15) is 19.8 Å². The van der Waals surface area contributed by atoms with Gasteiger partial charge in [0.15, 0.2) is 0 Å². The number of hydrogen-bond acceptors (Lipinski definition) is 6. The predicted molar refractivity (Wildman–Crippen MR) is 123 cm³/mol. The first-order valence-corrected chi connectivity index (χ1v) is 12.1. The molecule has 1 saturated carbocycles. The Balaban J connectivity index is 1.87. The normalized spacial score (nSPS) is 22.1. The van der Waals surface area contributed by atoms with Crippen LogP contribution in [0.5, 0.6) is 0 Å². The van der Waals surface area contributed by atoms with Gasteiger partial charge in [0.2, 0.25) is 0 Å². The van der Waals surface area contributed by atoms with Crippen LogP contribution < -0.4 is 0 Å². The van der Waals surface area contributed by atoms with Crippen molar-refractivity contribution in [3.05, 3.63) is 47.5 Å². The molecular weight excluding hydrogens is 420 g/mol. The summed E-state index contributed by atoms with van der Waals surface area (Å²) in [5.74, 6) is 6.28. The molecule has 5 nitrogen and oxygen atoms in total. The van der Waals surface area contributed by atoms with Gasteiger partial charge in [-0.3, -0.25) is 9.59 Å². The van der Waals surface area contributed by atoms with Crippen LogP contribution in [0.15, 0.2) is 36.4 Å². The van der Waals surface area contributed by atoms with Crippen molar-refractivity contribution in [2.75, 3.05) is 17.3 Å². The number of carboxylic acid groups (broad SMARTS) is 1. The quantitative estimate of drug-likeness (QED) is 0.272. The molecule has 30 heavy (non-hydrogen) atoms. The zero-order chi connectivity index (χ0) is 21.9. The van der Waals surface area contributed by atoms with E-state index >= 15 is 0 Å². The summed E-state index contributed by atoms with van der Waals surface area (Å²) in [6, 6.07) is 7.71. The van der Waals surface area contributed by atoms with Gasteiger partial charge in [-0.25, -0.2) is 0 Å². The highest BCUT2D eigenvalue weighted by atomic mass is 32.2. The Labute approximate surface area is 186 Å². The number of aliphatic carboxylic acids is 1. The van der Waals surface area contributed by atoms with Gasteiger partial charge in [-0.1, -0.05) is 30.2 Å². The second kappa shape index (κ2) is 12.9. The molecule has 1 aromatic rings. The average Bonchev–Trinajstić information content (AvgIpc) is 2.95. The van der Waals surface area contributed by atoms with Gasteiger partial charge in [0.05, 0.1) is 23.2 Å². The second-order valence-electron chi connectivity index (χ2n) is 7.14. The van der Waals surface area contributed by atoms with Gasteiger partial charge < -0.3 is 15.3 Å². The van der Waals surface area contributed by atoms with E-state index < -0.39 is 18.2 Å². The lowest BCUT2D eigenvalue weighted by Crippen LogP contribution is -2.22. The van der Waals surface area contributed by atoms with Crippen molar-refractivity contribution in [3.8, 4) is 11.8 Å². The van der Waals surface area contributed by atoms with E-state index in [1.165, 1.54) is 23.5 Å². The number of hydrogen-bond donors (Lipinski definition) is 3. The third kappa shape index (κ3) is 8.19. The highest BCUT2D eigenvalue weighted by molar-refractivity contribution is 8.01. The molecule has 0 bridgehead atoms. The molecular formula is C23H28O5S2. The number of carbonyl (C=O) groups is 2. The van der Waals surface area contributed by atoms with Crippen LogP contribution in [0, 0.1) is 17.8 Å². The summed E-state index contributed by atoms with van der Waals surface area (Å²) < 4.78 is 0. The molecule has 0 heterocycles. The summed E-state index contributed by atoms with van der Waals surface area (Å²) in [5, 5.41) is 29.0. The maximum Gasteiger partial charge on any atom is 0.313 e. The minimum Gasteiger partial charge on any atom is -0.481 e. The Hall–Kier alpha value is -1.72. The predicted octanol–water partition coefficient (Wildman–Crippen LogP) is 2.78. The Morgan fingerprint density at radius 1 is 1.37 bits per heavy atom. The molecule has 1 aromatic carbocycles. The van der Waals surface area contributed by atoms with Crippen LogP contribution in [0.4, 0.5) is 0 Å². The van der Waals surface area contributed by atoms with E-state index in [1.807, 2.05) is 24.3 Å². The molecule has 4 atom stereocenters. The number of aliphatic hydroxyl groups is 2. The molecule has 3 unspecified atom stereocenters. The van der Waals surface area contributed by atoms with Gasteiger partial charge in [-0.05, 0) is 42.5 Å². The van der Waals surface area contributed by atoms with Crippen LogP contribution in [-0.2, 0) is 16.0 Å². The lowest BCUT2D eigenvalue weighted by molar-refractivity contribution is -0.133. The Kier molecular flexibility index (Phi) is 10.5. The second-order valence-corrected chi connectivity index (χ2v) is 9.49. The summed E-state index contributed by atoms with van der Waals surface area (Å²) in [5.41, 5.74) is 1.88. The smallest absolute Gasteiger partial charge is 0.313 e. The first-order valence-electron chi connectivity index (χ1n) is 9.90. The molecule has 0 spiro atoms. The molecule has 2 rings (SSSR count). The fourth-order valence-electron chi connectivity index (χ4n) is 3.33. The molecule has 1 aliphatic carbocycles. The van der Waals surface area contributed by atoms with E-state index in [-0.39, 0.29) is 29.1 Å². The number of carboxylic acids is 1. The van der Waals surface area contributed by atoms with Crippen LogP contribution >= 0.6 is 23.5 Å². The Bertz CT molecular complexity index is 811. The number of thioether (sulfide) groups is 2. The topological polar surface area (TPSA) is 94.8 Å². The minimum atomic E-state index is -0.824. The van der Waals surface area contributed by atoms with Crippen molar-refractivity contribution < 1.29 is 24.9 Å². The van der Waals surface area contributed by atoms with E-state index in [0.717, 1.165) is 29.1 Å². The van der Waals surface area contributed by atoms with Crippen molar-refractivity contribution in [3.63, 3.8) is 0 Å². The molecule has 0 radical (unpaired) electrons. The third-order valence-electron chi connectivity index (χ3n) is 4.67. The van der Waals surface area contributed by atoms with Crippen molar-refractivity contribution >= 4 is 35.3 Å². The van der Waals surface area contributed by atoms with Crippen LogP contribution in [0.1, 0.15) is 30.9 Å². The molecule has 1 fully saturated rings. The maximum absolute atomic E-state index is 12.3. The summed E-state index contributed by atoms with van der Waals surface area (Å²) in [6.45, 7) is 1.78. The minimum absolute atomic E-state index is 0.0284. The Morgan fingerprint density at radius 3 is 2.90 bits per heavy atom. The molecule has 0 amide bonds. The van der Waals surface area contributed by atoms with Crippen LogP contribution in [-0.4, -0.2) is 61.8 Å². The number of Topliss-reactive ketones (excluding diaryl/α,β-unsaturated/α-hetero) is 1. The molecule has 0 aliphatic heterocycles. The van der Waals surface area contributed by atoms with E-state index in [4.69, 9.17) is 5.11 Å². The number of carbonyl (C=O) groups excluding carboxylic acids is 1. The fraction of sp³-hybridized carbons (Fsp3) is 0.478. The number of benzene rings is 1. The van der Waals surface area contributed by atoms with Crippen molar-refractivity contribution in [1.82, 2.24) is 0 Å². The molecule has 0 saturated heterocycles. The third-order valence-corrected chi connectivity index (χ3v) is 7.16. The van der Waals surface area contributed by atoms with Gasteiger partial charge in [0.25, 0.3) is 0 Å². The Morgan fingerprint density at radius 2 is 2.17 bits per heavy atom. The molecule has 7 heteroatoms. The van der Waals surface area contributed by atoms with E-state index in [1.54, 1.807) is 19.1 Å². The average molecular weight is 449 g/mol. The first-order chi connectivity index (χ1) is 14.4. The van der Waals surface area contributed by atoms with Gasteiger partial charge in [0, 0.05) is 24.3 Å². The van der Waals surface area contributed by atoms with Crippen LogP contribution in [0.2, 0.25) is 0 Å². The zero-order valence-corrected chi connectivity index (χ0v) is 18.6. The zero-order valence-electron chi connectivity index (χ0n) is 17.0. The summed E-state index contributed by atoms with van der Waals surface area (Å²) in [6.07, 6.45) is 3.37. The van der Waals surface area contributed by atoms with Crippen LogP contribution in [0.25, 0.3) is 0 Å². The van der Waals surface area contributed by atoms with Gasteiger partial charge in [0.1, 0.15) is 5.78 Å². The largest absolute Gasteiger partial charge is 0.481 e. The van der Waals surface area contributed by atoms with Crippen molar-refractivity contribution in [2.24, 2.45) is 5.92 Å². The lowest BCUT2D eigenvalue weighted by atomic mass is 10.0. The summed E-state index contributed by atoms with van der Waals surface area (Å²) in [4.78, 5) is 22.8. The van der Waals surface area contributed by atoms with Crippen molar-refractivity contribution in [1.29, 1.82) is 0 Å². The number of aliphatic hydroxyl groups excluding tert-OH is 2.